The van der Waals surface area contributed by atoms with E-state index in [1.54, 1.807) is 12.1 Å². The summed E-state index contributed by atoms with van der Waals surface area (Å²) in [5.74, 6) is -1.52. The van der Waals surface area contributed by atoms with Gasteiger partial charge in [-0.3, -0.25) is 4.79 Å². The number of benzene rings is 2. The summed E-state index contributed by atoms with van der Waals surface area (Å²) >= 11 is 0. The van der Waals surface area contributed by atoms with Gasteiger partial charge in [0, 0.05) is 37.9 Å². The molecule has 137 valence electrons. The third-order valence-electron chi connectivity index (χ3n) is 3.14. The molecule has 0 aliphatic rings. The van der Waals surface area contributed by atoms with Crippen molar-refractivity contribution in [3.05, 3.63) is 78.2 Å². The molecule has 0 aliphatic heterocycles. The van der Waals surface area contributed by atoms with Gasteiger partial charge in [0.05, 0.1) is 5.76 Å². The number of fused-ring (bicyclic) bond motifs is 1. The number of aromatic nitrogens is 1. The molecule has 0 unspecified atom stereocenters. The molecule has 3 aromatic rings. The summed E-state index contributed by atoms with van der Waals surface area (Å²) in [6, 6.07) is 16.1. The van der Waals surface area contributed by atoms with Crippen LogP contribution >= 0.6 is 0 Å². The van der Waals surface area contributed by atoms with E-state index in [4.69, 9.17) is 5.11 Å². The van der Waals surface area contributed by atoms with Crippen LogP contribution in [0.3, 0.4) is 0 Å². The number of rotatable bonds is 2. The maximum Gasteiger partial charge on any atom is 0.215 e. The van der Waals surface area contributed by atoms with Crippen LogP contribution < -0.4 is 0 Å². The molecule has 6 heteroatoms. The van der Waals surface area contributed by atoms with Gasteiger partial charge in [-0.2, -0.15) is 4.39 Å². The van der Waals surface area contributed by atoms with Crippen LogP contribution in [-0.2, 0) is 24.9 Å². The van der Waals surface area contributed by atoms with Gasteiger partial charge in [0.15, 0.2) is 5.78 Å². The Bertz CT molecular complexity index is 912. The Balaban J connectivity index is 0.000000366. The van der Waals surface area contributed by atoms with E-state index in [9.17, 15) is 13.6 Å². The first kappa shape index (κ1) is 21.6. The molecule has 0 atom stereocenters. The fraction of sp³-hybridized carbons (Fsp3) is 0.100. The molecule has 0 saturated carbocycles. The molecule has 0 aliphatic carbocycles. The number of halogens is 2. The monoisotopic (exact) mass is 533 g/mol. The SMILES string of the molecule is CC(=O)/C=C(/C)O.Fc1cc(F)nc(-c2cccc3ccc[c-]c23)c1.[Ir]. The number of ketones is 1. The molecule has 1 N–H and O–H groups in total. The molecule has 0 saturated heterocycles. The Labute approximate surface area is 163 Å². The van der Waals surface area contributed by atoms with Crippen molar-refractivity contribution < 1.29 is 38.8 Å². The van der Waals surface area contributed by atoms with E-state index in [-0.39, 0.29) is 37.3 Å². The van der Waals surface area contributed by atoms with E-state index in [0.717, 1.165) is 16.8 Å². The Morgan fingerprint density at radius 3 is 2.42 bits per heavy atom. The van der Waals surface area contributed by atoms with E-state index in [0.29, 0.717) is 5.56 Å². The van der Waals surface area contributed by atoms with Crippen LogP contribution in [0, 0.1) is 17.8 Å². The van der Waals surface area contributed by atoms with Gasteiger partial charge in [0.2, 0.25) is 5.95 Å². The quantitative estimate of drug-likeness (QED) is 0.218. The maximum absolute atomic E-state index is 13.2. The smallest absolute Gasteiger partial charge is 0.215 e. The molecule has 26 heavy (non-hydrogen) atoms. The zero-order valence-corrected chi connectivity index (χ0v) is 16.5. The molecule has 3 rings (SSSR count). The summed E-state index contributed by atoms with van der Waals surface area (Å²) in [5.41, 5.74) is 0.951. The minimum atomic E-state index is -0.821. The number of hydrogen-bond acceptors (Lipinski definition) is 3. The topological polar surface area (TPSA) is 50.2 Å². The van der Waals surface area contributed by atoms with Gasteiger partial charge >= 0.3 is 0 Å². The minimum Gasteiger partial charge on any atom is -0.512 e. The van der Waals surface area contributed by atoms with Crippen LogP contribution in [0.1, 0.15) is 13.8 Å². The van der Waals surface area contributed by atoms with Crippen molar-refractivity contribution in [3.63, 3.8) is 0 Å². The van der Waals surface area contributed by atoms with Gasteiger partial charge in [-0.25, -0.2) is 9.37 Å². The predicted molar refractivity (Wildman–Crippen MR) is 93.0 cm³/mol. The third-order valence-corrected chi connectivity index (χ3v) is 3.14. The number of allylic oxidation sites excluding steroid dienone is 2. The van der Waals surface area contributed by atoms with E-state index in [1.807, 2.05) is 24.3 Å². The Hall–Kier alpha value is -2.43. The molecular weight excluding hydrogens is 516 g/mol. The first-order chi connectivity index (χ1) is 11.9. The average Bonchev–Trinajstić information content (AvgIpc) is 2.52. The normalized spacial score (nSPS) is 10.5. The van der Waals surface area contributed by atoms with Crippen molar-refractivity contribution in [3.8, 4) is 11.3 Å². The second-order valence-corrected chi connectivity index (χ2v) is 5.33. The van der Waals surface area contributed by atoms with Gasteiger partial charge in [-0.15, -0.1) is 35.0 Å². The van der Waals surface area contributed by atoms with Gasteiger partial charge < -0.3 is 5.11 Å². The summed E-state index contributed by atoms with van der Waals surface area (Å²) in [4.78, 5) is 13.7. The number of nitrogens with zero attached hydrogens (tertiary/aromatic N) is 1. The predicted octanol–water partition coefficient (Wildman–Crippen LogP) is 5.01. The molecule has 1 aromatic heterocycles. The fourth-order valence-corrected chi connectivity index (χ4v) is 2.26. The van der Waals surface area contributed by atoms with Crippen molar-refractivity contribution in [1.29, 1.82) is 0 Å². The van der Waals surface area contributed by atoms with Crippen LogP contribution in [0.5, 0.6) is 0 Å². The summed E-state index contributed by atoms with van der Waals surface area (Å²) in [6.07, 6.45) is 1.17. The molecule has 0 amide bonds. The van der Waals surface area contributed by atoms with Crippen molar-refractivity contribution in [2.24, 2.45) is 0 Å². The van der Waals surface area contributed by atoms with Crippen LogP contribution in [0.4, 0.5) is 8.78 Å². The number of carbonyl (C=O) groups is 1. The van der Waals surface area contributed by atoms with Crippen molar-refractivity contribution in [1.82, 2.24) is 4.98 Å². The van der Waals surface area contributed by atoms with Gasteiger partial charge in [0.1, 0.15) is 5.82 Å². The number of hydrogen-bond donors (Lipinski definition) is 1. The number of aliphatic hydroxyl groups excluding tert-OH is 1. The Morgan fingerprint density at radius 2 is 1.85 bits per heavy atom. The summed E-state index contributed by atoms with van der Waals surface area (Å²) < 4.78 is 26.4. The van der Waals surface area contributed by atoms with Crippen LogP contribution in [0.15, 0.2) is 60.4 Å². The standard InChI is InChI=1S/C15H8F2N.C5H8O2.Ir/c16-11-8-14(18-15(17)9-11)13-7-3-5-10-4-1-2-6-12(10)13;1-4(6)3-5(2)7;/h1-5,7-9H;3,6H,1-2H3;/q-1;;/b;4-3-;. The molecule has 0 bridgehead atoms. The molecule has 3 nitrogen and oxygen atoms in total. The van der Waals surface area contributed by atoms with E-state index in [2.05, 4.69) is 11.1 Å². The van der Waals surface area contributed by atoms with Crippen molar-refractivity contribution >= 4 is 16.6 Å². The molecule has 0 fully saturated rings. The first-order valence-corrected chi connectivity index (χ1v) is 7.47. The number of carbonyl (C=O) groups excluding carboxylic acids is 1. The molecule has 1 heterocycles. The average molecular weight is 533 g/mol. The number of aliphatic hydroxyl groups is 1. The summed E-state index contributed by atoms with van der Waals surface area (Å²) in [6.45, 7) is 2.85. The summed E-state index contributed by atoms with van der Waals surface area (Å²) in [5, 5.41) is 10.1. The fourth-order valence-electron chi connectivity index (χ4n) is 2.26. The molecule has 1 radical (unpaired) electrons. The zero-order valence-electron chi connectivity index (χ0n) is 14.1. The van der Waals surface area contributed by atoms with Gasteiger partial charge in [-0.05, 0) is 19.9 Å². The molecular formula is C20H16F2IrNO2-. The van der Waals surface area contributed by atoms with E-state index in [1.165, 1.54) is 26.0 Å². The number of pyridine rings is 1. The summed E-state index contributed by atoms with van der Waals surface area (Å²) in [7, 11) is 0. The van der Waals surface area contributed by atoms with Gasteiger partial charge in [0.25, 0.3) is 0 Å². The van der Waals surface area contributed by atoms with E-state index >= 15 is 0 Å². The third kappa shape index (κ3) is 6.13. The molecule has 0 spiro atoms. The largest absolute Gasteiger partial charge is 0.512 e. The maximum atomic E-state index is 13.2. The van der Waals surface area contributed by atoms with Crippen molar-refractivity contribution in [2.45, 2.75) is 13.8 Å². The minimum absolute atomic E-state index is 0. The van der Waals surface area contributed by atoms with Crippen LogP contribution in [-0.4, -0.2) is 15.9 Å². The first-order valence-electron chi connectivity index (χ1n) is 7.47. The Kier molecular flexibility index (Phi) is 8.23. The second kappa shape index (κ2) is 9.90. The van der Waals surface area contributed by atoms with Crippen LogP contribution in [0.2, 0.25) is 0 Å². The Morgan fingerprint density at radius 1 is 1.15 bits per heavy atom. The second-order valence-electron chi connectivity index (χ2n) is 5.33. The zero-order chi connectivity index (χ0) is 18.4. The van der Waals surface area contributed by atoms with E-state index < -0.39 is 11.8 Å². The van der Waals surface area contributed by atoms with Gasteiger partial charge in [-0.1, -0.05) is 23.8 Å². The van der Waals surface area contributed by atoms with Crippen LogP contribution in [0.25, 0.3) is 22.0 Å². The molecule has 2 aromatic carbocycles. The van der Waals surface area contributed by atoms with Crippen molar-refractivity contribution in [2.75, 3.05) is 0 Å².